The van der Waals surface area contributed by atoms with Gasteiger partial charge in [-0.25, -0.2) is 4.79 Å². The standard InChI is InChI=1S/C33H37NO5/c1-22-18-25(19-23(2)31(22)39-33(4,5)24(3)35)16-17-27-20-34(32(37)38-28-14-10-7-11-15-28)21-29(27)30(36)26-12-8-6-9-13-26/h6-15,18-19,27,29H,16-17,20-21H2,1-5H3/t27-,29-/m0/s1. The molecule has 1 saturated heterocycles. The number of amides is 1. The molecule has 1 aliphatic rings. The molecule has 3 aromatic rings. The molecule has 6 nitrogen and oxygen atoms in total. The van der Waals surface area contributed by atoms with Gasteiger partial charge in [-0.3, -0.25) is 9.59 Å². The van der Waals surface area contributed by atoms with Crippen LogP contribution in [0.2, 0.25) is 0 Å². The summed E-state index contributed by atoms with van der Waals surface area (Å²) in [4.78, 5) is 40.1. The molecule has 0 unspecified atom stereocenters. The van der Waals surface area contributed by atoms with Gasteiger partial charge >= 0.3 is 6.09 Å². The van der Waals surface area contributed by atoms with Gasteiger partial charge in [0.15, 0.2) is 17.2 Å². The van der Waals surface area contributed by atoms with Crippen LogP contribution in [-0.4, -0.2) is 41.3 Å². The molecule has 1 heterocycles. The first kappa shape index (κ1) is 28.1. The van der Waals surface area contributed by atoms with Crippen LogP contribution in [0.25, 0.3) is 0 Å². The zero-order chi connectivity index (χ0) is 28.2. The summed E-state index contributed by atoms with van der Waals surface area (Å²) in [7, 11) is 0. The third-order valence-corrected chi connectivity index (χ3v) is 7.57. The summed E-state index contributed by atoms with van der Waals surface area (Å²) in [5, 5.41) is 0. The van der Waals surface area contributed by atoms with E-state index in [0.717, 1.165) is 35.3 Å². The maximum absolute atomic E-state index is 13.5. The molecular weight excluding hydrogens is 490 g/mol. The van der Waals surface area contributed by atoms with Gasteiger partial charge in [-0.05, 0) is 82.2 Å². The average Bonchev–Trinajstić information content (AvgIpc) is 3.34. The van der Waals surface area contributed by atoms with Crippen molar-refractivity contribution in [2.24, 2.45) is 11.8 Å². The van der Waals surface area contributed by atoms with E-state index in [0.29, 0.717) is 24.4 Å². The van der Waals surface area contributed by atoms with Gasteiger partial charge in [-0.1, -0.05) is 60.7 Å². The Bertz CT molecular complexity index is 1310. The van der Waals surface area contributed by atoms with Crippen LogP contribution in [0, 0.1) is 25.7 Å². The molecule has 3 aromatic carbocycles. The lowest BCUT2D eigenvalue weighted by Gasteiger charge is -2.26. The third-order valence-electron chi connectivity index (χ3n) is 7.57. The second-order valence-corrected chi connectivity index (χ2v) is 10.9. The van der Waals surface area contributed by atoms with Crippen molar-refractivity contribution < 1.29 is 23.9 Å². The van der Waals surface area contributed by atoms with Crippen LogP contribution in [0.4, 0.5) is 4.79 Å². The van der Waals surface area contributed by atoms with E-state index in [-0.39, 0.29) is 23.4 Å². The number of rotatable bonds is 9. The molecule has 2 atom stereocenters. The molecule has 39 heavy (non-hydrogen) atoms. The Morgan fingerprint density at radius 2 is 1.49 bits per heavy atom. The molecule has 0 saturated carbocycles. The predicted molar refractivity (Wildman–Crippen MR) is 151 cm³/mol. The number of likely N-dealkylation sites (tertiary alicyclic amines) is 1. The van der Waals surface area contributed by atoms with Crippen LogP contribution in [0.1, 0.15) is 54.2 Å². The Morgan fingerprint density at radius 1 is 0.897 bits per heavy atom. The smallest absolute Gasteiger partial charge is 0.415 e. The summed E-state index contributed by atoms with van der Waals surface area (Å²) in [5.41, 5.74) is 2.83. The fourth-order valence-electron chi connectivity index (χ4n) is 5.10. The lowest BCUT2D eigenvalue weighted by molar-refractivity contribution is -0.129. The number of para-hydroxylation sites is 1. The molecule has 1 aliphatic heterocycles. The van der Waals surface area contributed by atoms with Gasteiger partial charge in [0.05, 0.1) is 0 Å². The Hall–Kier alpha value is -3.93. The van der Waals surface area contributed by atoms with E-state index in [4.69, 9.17) is 9.47 Å². The topological polar surface area (TPSA) is 72.9 Å². The molecule has 1 amide bonds. The van der Waals surface area contributed by atoms with E-state index in [1.54, 1.807) is 30.9 Å². The largest absolute Gasteiger partial charge is 0.480 e. The van der Waals surface area contributed by atoms with Crippen LogP contribution >= 0.6 is 0 Å². The number of aryl methyl sites for hydroxylation is 3. The van der Waals surface area contributed by atoms with Gasteiger partial charge in [0, 0.05) is 24.6 Å². The monoisotopic (exact) mass is 527 g/mol. The molecule has 0 bridgehead atoms. The van der Waals surface area contributed by atoms with Gasteiger partial charge in [0.25, 0.3) is 0 Å². The van der Waals surface area contributed by atoms with E-state index >= 15 is 0 Å². The minimum absolute atomic E-state index is 0.00536. The lowest BCUT2D eigenvalue weighted by Crippen LogP contribution is -2.36. The molecule has 0 N–H and O–H groups in total. The van der Waals surface area contributed by atoms with Crippen molar-refractivity contribution in [3.63, 3.8) is 0 Å². The summed E-state index contributed by atoms with van der Waals surface area (Å²) < 4.78 is 11.7. The maximum Gasteiger partial charge on any atom is 0.415 e. The number of ether oxygens (including phenoxy) is 2. The molecule has 6 heteroatoms. The number of nitrogens with zero attached hydrogens (tertiary/aromatic N) is 1. The molecule has 0 spiro atoms. The molecule has 204 valence electrons. The van der Waals surface area contributed by atoms with E-state index in [2.05, 4.69) is 12.1 Å². The van der Waals surface area contributed by atoms with E-state index in [1.165, 1.54) is 6.92 Å². The normalized spacial score (nSPS) is 17.1. The van der Waals surface area contributed by atoms with Gasteiger partial charge in [0.1, 0.15) is 11.5 Å². The second-order valence-electron chi connectivity index (χ2n) is 10.9. The number of ketones is 2. The van der Waals surface area contributed by atoms with Crippen molar-refractivity contribution in [3.8, 4) is 11.5 Å². The second kappa shape index (κ2) is 11.9. The van der Waals surface area contributed by atoms with Gasteiger partial charge < -0.3 is 14.4 Å². The number of hydrogen-bond donors (Lipinski definition) is 0. The highest BCUT2D eigenvalue weighted by atomic mass is 16.6. The number of hydrogen-bond acceptors (Lipinski definition) is 5. The Kier molecular flexibility index (Phi) is 8.54. The van der Waals surface area contributed by atoms with E-state index in [1.807, 2.05) is 62.4 Å². The molecule has 0 aliphatic carbocycles. The summed E-state index contributed by atoms with van der Waals surface area (Å²) in [6.45, 7) is 9.85. The van der Waals surface area contributed by atoms with Crippen molar-refractivity contribution >= 4 is 17.7 Å². The summed E-state index contributed by atoms with van der Waals surface area (Å²) >= 11 is 0. The predicted octanol–water partition coefficient (Wildman–Crippen LogP) is 6.61. The quantitative estimate of drug-likeness (QED) is 0.293. The van der Waals surface area contributed by atoms with E-state index in [9.17, 15) is 14.4 Å². The first-order chi connectivity index (χ1) is 18.5. The van der Waals surface area contributed by atoms with Crippen LogP contribution < -0.4 is 9.47 Å². The Morgan fingerprint density at radius 3 is 2.08 bits per heavy atom. The average molecular weight is 528 g/mol. The highest BCUT2D eigenvalue weighted by Gasteiger charge is 2.40. The first-order valence-corrected chi connectivity index (χ1v) is 13.5. The SMILES string of the molecule is CC(=O)C(C)(C)Oc1c(C)cc(CC[C@H]2CN(C(=O)Oc3ccccc3)C[C@@H]2C(=O)c2ccccc2)cc1C. The number of carbonyl (C=O) groups excluding carboxylic acids is 3. The van der Waals surface area contributed by atoms with Gasteiger partial charge in [0.2, 0.25) is 0 Å². The minimum Gasteiger partial charge on any atom is -0.480 e. The zero-order valence-electron chi connectivity index (χ0n) is 23.4. The molecule has 4 rings (SSSR count). The maximum atomic E-state index is 13.5. The lowest BCUT2D eigenvalue weighted by atomic mass is 9.84. The van der Waals surface area contributed by atoms with Crippen molar-refractivity contribution in [1.29, 1.82) is 0 Å². The first-order valence-electron chi connectivity index (χ1n) is 13.5. The van der Waals surface area contributed by atoms with Crippen molar-refractivity contribution in [2.75, 3.05) is 13.1 Å². The Balaban J connectivity index is 1.50. The fourth-order valence-corrected chi connectivity index (χ4v) is 5.10. The van der Waals surface area contributed by atoms with Crippen LogP contribution in [0.15, 0.2) is 72.8 Å². The zero-order valence-corrected chi connectivity index (χ0v) is 23.4. The summed E-state index contributed by atoms with van der Waals surface area (Å²) in [6.07, 6.45) is 1.06. The fraction of sp³-hybridized carbons (Fsp3) is 0.364. The summed E-state index contributed by atoms with van der Waals surface area (Å²) in [5.74, 6) is 0.922. The minimum atomic E-state index is -0.899. The molecule has 1 fully saturated rings. The number of carbonyl (C=O) groups is 3. The van der Waals surface area contributed by atoms with Crippen molar-refractivity contribution in [2.45, 2.75) is 53.1 Å². The number of benzene rings is 3. The van der Waals surface area contributed by atoms with E-state index < -0.39 is 11.7 Å². The van der Waals surface area contributed by atoms with Gasteiger partial charge in [-0.2, -0.15) is 0 Å². The number of Topliss-reactive ketones (excluding diaryl/α,β-unsaturated/α-hetero) is 2. The molecule has 0 aromatic heterocycles. The Labute approximate surface area is 230 Å². The highest BCUT2D eigenvalue weighted by molar-refractivity contribution is 5.98. The van der Waals surface area contributed by atoms with Crippen molar-refractivity contribution in [3.05, 3.63) is 95.1 Å². The highest BCUT2D eigenvalue weighted by Crippen LogP contribution is 2.33. The van der Waals surface area contributed by atoms with Crippen LogP contribution in [-0.2, 0) is 11.2 Å². The molecular formula is C33H37NO5. The summed E-state index contributed by atoms with van der Waals surface area (Å²) in [6, 6.07) is 22.4. The van der Waals surface area contributed by atoms with Crippen molar-refractivity contribution in [1.82, 2.24) is 4.90 Å². The molecule has 0 radical (unpaired) electrons. The third kappa shape index (κ3) is 6.75. The van der Waals surface area contributed by atoms with Gasteiger partial charge in [-0.15, -0.1) is 0 Å². The van der Waals surface area contributed by atoms with Crippen LogP contribution in [0.5, 0.6) is 11.5 Å². The van der Waals surface area contributed by atoms with Crippen LogP contribution in [0.3, 0.4) is 0 Å².